The van der Waals surface area contributed by atoms with E-state index in [-0.39, 0.29) is 0 Å². The molecule has 1 fully saturated rings. The summed E-state index contributed by atoms with van der Waals surface area (Å²) in [5, 5.41) is 12.3. The Morgan fingerprint density at radius 1 is 1.16 bits per heavy atom. The summed E-state index contributed by atoms with van der Waals surface area (Å²) >= 11 is 0. The van der Waals surface area contributed by atoms with Crippen LogP contribution < -0.4 is 0 Å². The summed E-state index contributed by atoms with van der Waals surface area (Å²) in [5.41, 5.74) is 3.63. The Labute approximate surface area is 146 Å². The van der Waals surface area contributed by atoms with Gasteiger partial charge in [-0.1, -0.05) is 18.2 Å². The fraction of sp³-hybridized carbons (Fsp3) is 0.444. The lowest BCUT2D eigenvalue weighted by atomic mass is 10.1. The standard InChI is InChI=1S/C18H21N7/c1-23-16-9-10-24(11-15(16)19-18(23)13-7-8-13)12-17-20-21-22-25(17)14-5-3-2-4-6-14/h2-6,13H,7-12H2,1H3. The molecule has 0 unspecified atom stereocenters. The Hall–Kier alpha value is -2.54. The van der Waals surface area contributed by atoms with Crippen molar-refractivity contribution >= 4 is 0 Å². The van der Waals surface area contributed by atoms with Crippen molar-refractivity contribution in [1.29, 1.82) is 0 Å². The summed E-state index contributed by atoms with van der Waals surface area (Å²) in [6.45, 7) is 2.62. The molecule has 2 aromatic heterocycles. The number of fused-ring (bicyclic) bond motifs is 1. The fourth-order valence-corrected chi connectivity index (χ4v) is 3.72. The maximum absolute atomic E-state index is 4.94. The number of hydrogen-bond acceptors (Lipinski definition) is 5. The van der Waals surface area contributed by atoms with E-state index in [0.29, 0.717) is 5.92 Å². The van der Waals surface area contributed by atoms with Crippen LogP contribution in [0.1, 0.15) is 41.8 Å². The van der Waals surface area contributed by atoms with E-state index < -0.39 is 0 Å². The average molecular weight is 335 g/mol. The Morgan fingerprint density at radius 3 is 2.80 bits per heavy atom. The van der Waals surface area contributed by atoms with Crippen LogP contribution in [0.2, 0.25) is 0 Å². The van der Waals surface area contributed by atoms with Gasteiger partial charge in [0.2, 0.25) is 0 Å². The Balaban J connectivity index is 1.37. The van der Waals surface area contributed by atoms with Gasteiger partial charge in [0, 0.05) is 38.2 Å². The Bertz CT molecular complexity index is 892. The highest BCUT2D eigenvalue weighted by Crippen LogP contribution is 2.40. The second-order valence-corrected chi connectivity index (χ2v) is 7.00. The van der Waals surface area contributed by atoms with Crippen LogP contribution in [0.5, 0.6) is 0 Å². The average Bonchev–Trinajstić information content (AvgIpc) is 3.30. The van der Waals surface area contributed by atoms with Crippen molar-refractivity contribution in [2.24, 2.45) is 7.05 Å². The van der Waals surface area contributed by atoms with Crippen LogP contribution in [0.15, 0.2) is 30.3 Å². The number of hydrogen-bond donors (Lipinski definition) is 0. The van der Waals surface area contributed by atoms with E-state index in [1.54, 1.807) is 0 Å². The third-order valence-corrected chi connectivity index (χ3v) is 5.21. The van der Waals surface area contributed by atoms with Crippen molar-refractivity contribution in [3.05, 3.63) is 53.4 Å². The highest BCUT2D eigenvalue weighted by atomic mass is 15.5. The summed E-state index contributed by atoms with van der Waals surface area (Å²) in [5.74, 6) is 2.84. The number of nitrogens with zero attached hydrogens (tertiary/aromatic N) is 7. The normalized spacial score (nSPS) is 17.6. The lowest BCUT2D eigenvalue weighted by Crippen LogP contribution is -2.31. The topological polar surface area (TPSA) is 64.7 Å². The SMILES string of the molecule is Cn1c(C2CC2)nc2c1CCN(Cc1nnnn1-c1ccccc1)C2. The Morgan fingerprint density at radius 2 is 2.00 bits per heavy atom. The molecule has 7 heteroatoms. The van der Waals surface area contributed by atoms with Crippen LogP contribution in [0, 0.1) is 0 Å². The van der Waals surface area contributed by atoms with Crippen molar-refractivity contribution in [1.82, 2.24) is 34.7 Å². The lowest BCUT2D eigenvalue weighted by Gasteiger charge is -2.25. The summed E-state index contributed by atoms with van der Waals surface area (Å²) in [4.78, 5) is 7.32. The van der Waals surface area contributed by atoms with Gasteiger partial charge in [-0.2, -0.15) is 4.68 Å². The molecular formula is C18H21N7. The van der Waals surface area contributed by atoms with E-state index in [4.69, 9.17) is 4.98 Å². The van der Waals surface area contributed by atoms with Crippen LogP contribution in [0.25, 0.3) is 5.69 Å². The molecule has 3 aromatic rings. The first kappa shape index (κ1) is 14.8. The van der Waals surface area contributed by atoms with Gasteiger partial charge in [-0.25, -0.2) is 4.98 Å². The van der Waals surface area contributed by atoms with Crippen LogP contribution in [0.4, 0.5) is 0 Å². The molecule has 128 valence electrons. The first-order chi connectivity index (χ1) is 12.3. The molecule has 0 amide bonds. The third kappa shape index (κ3) is 2.64. The van der Waals surface area contributed by atoms with Gasteiger partial charge in [0.1, 0.15) is 5.82 Å². The molecular weight excluding hydrogens is 314 g/mol. The van der Waals surface area contributed by atoms with Crippen molar-refractivity contribution in [2.45, 2.75) is 38.3 Å². The minimum atomic E-state index is 0.689. The van der Waals surface area contributed by atoms with Gasteiger partial charge in [0.25, 0.3) is 0 Å². The van der Waals surface area contributed by atoms with Crippen LogP contribution in [-0.2, 0) is 26.6 Å². The van der Waals surface area contributed by atoms with Crippen molar-refractivity contribution in [3.63, 3.8) is 0 Å². The number of benzene rings is 1. The predicted molar refractivity (Wildman–Crippen MR) is 92.2 cm³/mol. The number of imidazole rings is 1. The van der Waals surface area contributed by atoms with Crippen molar-refractivity contribution in [3.8, 4) is 5.69 Å². The van der Waals surface area contributed by atoms with Crippen LogP contribution >= 0.6 is 0 Å². The summed E-state index contributed by atoms with van der Waals surface area (Å²) in [6.07, 6.45) is 3.62. The Kier molecular flexibility index (Phi) is 3.41. The first-order valence-electron chi connectivity index (χ1n) is 8.89. The molecule has 5 rings (SSSR count). The second-order valence-electron chi connectivity index (χ2n) is 7.00. The molecule has 1 aliphatic heterocycles. The van der Waals surface area contributed by atoms with Gasteiger partial charge in [0.15, 0.2) is 5.82 Å². The minimum Gasteiger partial charge on any atom is -0.335 e. The zero-order valence-corrected chi connectivity index (χ0v) is 14.3. The molecule has 25 heavy (non-hydrogen) atoms. The largest absolute Gasteiger partial charge is 0.335 e. The zero-order chi connectivity index (χ0) is 16.8. The molecule has 1 aliphatic carbocycles. The van der Waals surface area contributed by atoms with E-state index in [2.05, 4.69) is 32.0 Å². The van der Waals surface area contributed by atoms with Gasteiger partial charge < -0.3 is 4.57 Å². The van der Waals surface area contributed by atoms with Gasteiger partial charge in [-0.15, -0.1) is 5.10 Å². The monoisotopic (exact) mass is 335 g/mol. The van der Waals surface area contributed by atoms with Crippen LogP contribution in [0.3, 0.4) is 0 Å². The second kappa shape index (κ2) is 5.77. The summed E-state index contributed by atoms with van der Waals surface area (Å²) in [6, 6.07) is 10.0. The van der Waals surface area contributed by atoms with Gasteiger partial charge in [-0.05, 0) is 35.4 Å². The van der Waals surface area contributed by atoms with E-state index in [1.165, 1.54) is 30.1 Å². The number of rotatable bonds is 4. The van der Waals surface area contributed by atoms with Crippen molar-refractivity contribution in [2.75, 3.05) is 6.54 Å². The van der Waals surface area contributed by atoms with Gasteiger partial charge >= 0.3 is 0 Å². The number of para-hydroxylation sites is 1. The first-order valence-corrected chi connectivity index (χ1v) is 8.89. The maximum Gasteiger partial charge on any atom is 0.170 e. The van der Waals surface area contributed by atoms with Gasteiger partial charge in [0.05, 0.1) is 17.9 Å². The zero-order valence-electron chi connectivity index (χ0n) is 14.3. The molecule has 2 aliphatic rings. The molecule has 0 spiro atoms. The molecule has 1 saturated carbocycles. The number of tetrazole rings is 1. The van der Waals surface area contributed by atoms with Crippen LogP contribution in [-0.4, -0.2) is 41.2 Å². The van der Waals surface area contributed by atoms with E-state index in [0.717, 1.165) is 37.6 Å². The molecule has 0 radical (unpaired) electrons. The molecule has 0 bridgehead atoms. The number of aromatic nitrogens is 6. The van der Waals surface area contributed by atoms with E-state index >= 15 is 0 Å². The van der Waals surface area contributed by atoms with Crippen molar-refractivity contribution < 1.29 is 0 Å². The molecule has 0 N–H and O–H groups in total. The van der Waals surface area contributed by atoms with Gasteiger partial charge in [-0.3, -0.25) is 4.90 Å². The third-order valence-electron chi connectivity index (χ3n) is 5.21. The highest BCUT2D eigenvalue weighted by Gasteiger charge is 2.32. The molecule has 0 atom stereocenters. The molecule has 1 aromatic carbocycles. The fourth-order valence-electron chi connectivity index (χ4n) is 3.72. The summed E-state index contributed by atoms with van der Waals surface area (Å²) < 4.78 is 4.15. The highest BCUT2D eigenvalue weighted by molar-refractivity contribution is 5.30. The lowest BCUT2D eigenvalue weighted by molar-refractivity contribution is 0.232. The summed E-state index contributed by atoms with van der Waals surface area (Å²) in [7, 11) is 2.17. The van der Waals surface area contributed by atoms with E-state index in [1.807, 2.05) is 35.0 Å². The smallest absolute Gasteiger partial charge is 0.170 e. The maximum atomic E-state index is 4.94. The minimum absolute atomic E-state index is 0.689. The predicted octanol–water partition coefficient (Wildman–Crippen LogP) is 1.83. The molecule has 0 saturated heterocycles. The molecule has 3 heterocycles. The van der Waals surface area contributed by atoms with E-state index in [9.17, 15) is 0 Å². The quantitative estimate of drug-likeness (QED) is 0.728. The molecule has 7 nitrogen and oxygen atoms in total.